The van der Waals surface area contributed by atoms with Crippen molar-refractivity contribution >= 4 is 5.91 Å². The van der Waals surface area contributed by atoms with Gasteiger partial charge in [-0.15, -0.1) is 0 Å². The Kier molecular flexibility index (Phi) is 4.22. The normalized spacial score (nSPS) is 17.0. The molecular formula is C10H20N2O. The van der Waals surface area contributed by atoms with E-state index in [0.29, 0.717) is 18.4 Å². The molecule has 0 aromatic carbocycles. The zero-order valence-corrected chi connectivity index (χ0v) is 8.68. The van der Waals surface area contributed by atoms with Gasteiger partial charge in [-0.05, 0) is 12.8 Å². The van der Waals surface area contributed by atoms with Crippen LogP contribution in [0.2, 0.25) is 0 Å². The van der Waals surface area contributed by atoms with E-state index >= 15 is 0 Å². The van der Waals surface area contributed by atoms with Crippen LogP contribution in [-0.2, 0) is 4.79 Å². The summed E-state index contributed by atoms with van der Waals surface area (Å²) in [5.74, 6) is 0.311. The lowest BCUT2D eigenvalue weighted by Gasteiger charge is -2.15. The number of hydrogen-bond donors (Lipinski definition) is 1. The van der Waals surface area contributed by atoms with Crippen LogP contribution in [0.25, 0.3) is 0 Å². The molecule has 0 bridgehead atoms. The summed E-state index contributed by atoms with van der Waals surface area (Å²) in [5.41, 5.74) is 0. The highest BCUT2D eigenvalue weighted by Crippen LogP contribution is 2.08. The molecule has 0 aliphatic carbocycles. The van der Waals surface area contributed by atoms with Gasteiger partial charge in [0.2, 0.25) is 5.91 Å². The zero-order chi connectivity index (χ0) is 9.68. The fourth-order valence-corrected chi connectivity index (χ4v) is 1.59. The third-order valence-electron chi connectivity index (χ3n) is 2.35. The van der Waals surface area contributed by atoms with E-state index in [2.05, 4.69) is 19.2 Å². The largest absolute Gasteiger partial charge is 0.343 e. The third-order valence-corrected chi connectivity index (χ3v) is 2.35. The van der Waals surface area contributed by atoms with Crippen molar-refractivity contribution in [3.63, 3.8) is 0 Å². The summed E-state index contributed by atoms with van der Waals surface area (Å²) in [4.78, 5) is 13.5. The van der Waals surface area contributed by atoms with Crippen molar-refractivity contribution in [2.75, 3.05) is 19.6 Å². The van der Waals surface area contributed by atoms with Crippen LogP contribution in [0.3, 0.4) is 0 Å². The first kappa shape index (κ1) is 10.5. The maximum absolute atomic E-state index is 11.5. The summed E-state index contributed by atoms with van der Waals surface area (Å²) in [7, 11) is 0. The second kappa shape index (κ2) is 5.22. The molecule has 1 amide bonds. The number of hydrogen-bond acceptors (Lipinski definition) is 2. The molecular weight excluding hydrogens is 164 g/mol. The second-order valence-electron chi connectivity index (χ2n) is 3.95. The van der Waals surface area contributed by atoms with Gasteiger partial charge in [-0.25, -0.2) is 0 Å². The number of likely N-dealkylation sites (tertiary alicyclic amines) is 1. The molecule has 0 atom stereocenters. The Bertz CT molecular complexity index is 162. The van der Waals surface area contributed by atoms with Gasteiger partial charge in [0.15, 0.2) is 0 Å². The molecule has 0 saturated carbocycles. The summed E-state index contributed by atoms with van der Waals surface area (Å²) in [5, 5.41) is 3.25. The maximum atomic E-state index is 11.5. The Balaban J connectivity index is 2.10. The van der Waals surface area contributed by atoms with Crippen LogP contribution in [0, 0.1) is 0 Å². The molecule has 1 saturated heterocycles. The lowest BCUT2D eigenvalue weighted by molar-refractivity contribution is -0.130. The van der Waals surface area contributed by atoms with Crippen molar-refractivity contribution in [1.82, 2.24) is 10.2 Å². The van der Waals surface area contributed by atoms with Gasteiger partial charge in [0.05, 0.1) is 0 Å². The predicted molar refractivity (Wildman–Crippen MR) is 53.6 cm³/mol. The minimum Gasteiger partial charge on any atom is -0.343 e. The summed E-state index contributed by atoms with van der Waals surface area (Å²) < 4.78 is 0. The highest BCUT2D eigenvalue weighted by Gasteiger charge is 2.16. The van der Waals surface area contributed by atoms with Gasteiger partial charge in [0, 0.05) is 32.1 Å². The Morgan fingerprint density at radius 2 is 2.00 bits per heavy atom. The fourth-order valence-electron chi connectivity index (χ4n) is 1.59. The monoisotopic (exact) mass is 184 g/mol. The van der Waals surface area contributed by atoms with Crippen molar-refractivity contribution < 1.29 is 4.79 Å². The van der Waals surface area contributed by atoms with Crippen LogP contribution in [0.1, 0.15) is 33.1 Å². The van der Waals surface area contributed by atoms with Crippen molar-refractivity contribution in [2.45, 2.75) is 39.2 Å². The van der Waals surface area contributed by atoms with Crippen LogP contribution in [-0.4, -0.2) is 36.5 Å². The molecule has 0 radical (unpaired) electrons. The van der Waals surface area contributed by atoms with Crippen LogP contribution in [0.5, 0.6) is 0 Å². The molecule has 3 heteroatoms. The van der Waals surface area contributed by atoms with E-state index < -0.39 is 0 Å². The van der Waals surface area contributed by atoms with Crippen LogP contribution in [0.15, 0.2) is 0 Å². The Morgan fingerprint density at radius 1 is 1.38 bits per heavy atom. The van der Waals surface area contributed by atoms with Crippen molar-refractivity contribution in [1.29, 1.82) is 0 Å². The third kappa shape index (κ3) is 3.77. The smallest absolute Gasteiger partial charge is 0.223 e. The lowest BCUT2D eigenvalue weighted by atomic mass is 10.3. The molecule has 13 heavy (non-hydrogen) atoms. The van der Waals surface area contributed by atoms with Gasteiger partial charge in [-0.3, -0.25) is 4.79 Å². The van der Waals surface area contributed by atoms with Crippen LogP contribution < -0.4 is 5.32 Å². The number of carbonyl (C=O) groups excluding carboxylic acids is 1. The van der Waals surface area contributed by atoms with Gasteiger partial charge in [-0.2, -0.15) is 0 Å². The van der Waals surface area contributed by atoms with Crippen molar-refractivity contribution in [3.05, 3.63) is 0 Å². The second-order valence-corrected chi connectivity index (χ2v) is 3.95. The first-order valence-corrected chi connectivity index (χ1v) is 5.21. The van der Waals surface area contributed by atoms with E-state index in [1.54, 1.807) is 0 Å². The molecule has 1 fully saturated rings. The first-order chi connectivity index (χ1) is 6.20. The zero-order valence-electron chi connectivity index (χ0n) is 8.68. The SMILES string of the molecule is CC(C)NCCC(=O)N1CCCC1. The molecule has 1 rings (SSSR count). The maximum Gasteiger partial charge on any atom is 0.223 e. The van der Waals surface area contributed by atoms with Gasteiger partial charge in [0.25, 0.3) is 0 Å². The lowest BCUT2D eigenvalue weighted by Crippen LogP contribution is -2.32. The highest BCUT2D eigenvalue weighted by molar-refractivity contribution is 5.76. The quantitative estimate of drug-likeness (QED) is 0.707. The molecule has 1 N–H and O–H groups in total. The molecule has 0 aromatic rings. The van der Waals surface area contributed by atoms with Crippen molar-refractivity contribution in [2.24, 2.45) is 0 Å². The molecule has 1 heterocycles. The van der Waals surface area contributed by atoms with E-state index in [9.17, 15) is 4.79 Å². The molecule has 76 valence electrons. The van der Waals surface area contributed by atoms with E-state index in [0.717, 1.165) is 19.6 Å². The van der Waals surface area contributed by atoms with E-state index in [4.69, 9.17) is 0 Å². The molecule has 3 nitrogen and oxygen atoms in total. The first-order valence-electron chi connectivity index (χ1n) is 5.21. The molecule has 1 aliphatic rings. The van der Waals surface area contributed by atoms with Gasteiger partial charge in [-0.1, -0.05) is 13.8 Å². The summed E-state index contributed by atoms with van der Waals surface area (Å²) in [6.45, 7) is 6.95. The Morgan fingerprint density at radius 3 is 2.54 bits per heavy atom. The molecule has 0 unspecified atom stereocenters. The van der Waals surface area contributed by atoms with Gasteiger partial charge < -0.3 is 10.2 Å². The molecule has 0 aromatic heterocycles. The number of amides is 1. The standard InChI is InChI=1S/C10H20N2O/c1-9(2)11-6-5-10(13)12-7-3-4-8-12/h9,11H,3-8H2,1-2H3. The average molecular weight is 184 g/mol. The van der Waals surface area contributed by atoms with Crippen LogP contribution in [0.4, 0.5) is 0 Å². The summed E-state index contributed by atoms with van der Waals surface area (Å²) in [6.07, 6.45) is 3.02. The van der Waals surface area contributed by atoms with E-state index in [1.165, 1.54) is 12.8 Å². The minimum absolute atomic E-state index is 0.311. The van der Waals surface area contributed by atoms with Gasteiger partial charge >= 0.3 is 0 Å². The fraction of sp³-hybridized carbons (Fsp3) is 0.900. The Hall–Kier alpha value is -0.570. The highest BCUT2D eigenvalue weighted by atomic mass is 16.2. The topological polar surface area (TPSA) is 32.3 Å². The van der Waals surface area contributed by atoms with Crippen molar-refractivity contribution in [3.8, 4) is 0 Å². The summed E-state index contributed by atoms with van der Waals surface area (Å²) >= 11 is 0. The number of carbonyl (C=O) groups is 1. The van der Waals surface area contributed by atoms with E-state index in [-0.39, 0.29) is 0 Å². The average Bonchev–Trinajstić information content (AvgIpc) is 2.55. The summed E-state index contributed by atoms with van der Waals surface area (Å²) in [6, 6.07) is 0.478. The molecule has 0 spiro atoms. The van der Waals surface area contributed by atoms with Gasteiger partial charge in [0.1, 0.15) is 0 Å². The number of nitrogens with zero attached hydrogens (tertiary/aromatic N) is 1. The number of nitrogens with one attached hydrogen (secondary N) is 1. The number of rotatable bonds is 4. The van der Waals surface area contributed by atoms with Crippen LogP contribution >= 0.6 is 0 Å². The predicted octanol–water partition coefficient (Wildman–Crippen LogP) is 0.997. The minimum atomic E-state index is 0.311. The van der Waals surface area contributed by atoms with E-state index in [1.807, 2.05) is 4.90 Å². The Labute approximate surface area is 80.5 Å². The molecule has 1 aliphatic heterocycles.